The summed E-state index contributed by atoms with van der Waals surface area (Å²) in [6, 6.07) is 10.3. The van der Waals surface area contributed by atoms with Gasteiger partial charge in [-0.1, -0.05) is 29.3 Å². The van der Waals surface area contributed by atoms with Gasteiger partial charge in [-0.15, -0.1) is 0 Å². The van der Waals surface area contributed by atoms with Crippen molar-refractivity contribution in [2.75, 3.05) is 18.5 Å². The van der Waals surface area contributed by atoms with Crippen molar-refractivity contribution in [1.82, 2.24) is 5.32 Å². The second-order valence-electron chi connectivity index (χ2n) is 5.48. The number of halogens is 2. The number of carbonyl (C=O) groups excluding carboxylic acids is 2. The van der Waals surface area contributed by atoms with Crippen molar-refractivity contribution >= 4 is 40.7 Å². The first-order valence-electron chi connectivity index (χ1n) is 7.57. The molecular formula is C18H18Cl2N2O3. The summed E-state index contributed by atoms with van der Waals surface area (Å²) in [5.74, 6) is -0.206. The molecule has 0 saturated heterocycles. The van der Waals surface area contributed by atoms with Gasteiger partial charge in [-0.25, -0.2) is 0 Å². The molecular weight excluding hydrogens is 363 g/mol. The van der Waals surface area contributed by atoms with Crippen LogP contribution in [0.3, 0.4) is 0 Å². The Kier molecular flexibility index (Phi) is 6.67. The van der Waals surface area contributed by atoms with Crippen molar-refractivity contribution in [3.8, 4) is 5.75 Å². The predicted molar refractivity (Wildman–Crippen MR) is 99.5 cm³/mol. The average Bonchev–Trinajstić information content (AvgIpc) is 2.57. The molecule has 0 bridgehead atoms. The lowest BCUT2D eigenvalue weighted by Crippen LogP contribution is -2.35. The zero-order chi connectivity index (χ0) is 18.4. The van der Waals surface area contributed by atoms with E-state index in [0.29, 0.717) is 21.5 Å². The number of carbonyl (C=O) groups is 2. The Labute approximate surface area is 156 Å². The van der Waals surface area contributed by atoms with E-state index in [2.05, 4.69) is 10.6 Å². The summed E-state index contributed by atoms with van der Waals surface area (Å²) < 4.78 is 5.41. The minimum absolute atomic E-state index is 0.173. The third-order valence-electron chi connectivity index (χ3n) is 3.50. The summed E-state index contributed by atoms with van der Waals surface area (Å²) in [4.78, 5) is 23.7. The van der Waals surface area contributed by atoms with Gasteiger partial charge in [-0.05, 0) is 55.3 Å². The van der Waals surface area contributed by atoms with E-state index in [1.54, 1.807) is 18.2 Å². The van der Waals surface area contributed by atoms with Gasteiger partial charge in [0.05, 0.1) is 17.3 Å². The Morgan fingerprint density at radius 2 is 1.76 bits per heavy atom. The molecule has 7 heteroatoms. The maximum atomic E-state index is 11.9. The van der Waals surface area contributed by atoms with Crippen LogP contribution in [0.2, 0.25) is 10.0 Å². The first kappa shape index (κ1) is 19.1. The van der Waals surface area contributed by atoms with Crippen LogP contribution < -0.4 is 15.4 Å². The van der Waals surface area contributed by atoms with E-state index in [9.17, 15) is 9.59 Å². The summed E-state index contributed by atoms with van der Waals surface area (Å²) >= 11 is 11.8. The Morgan fingerprint density at radius 1 is 1.00 bits per heavy atom. The summed E-state index contributed by atoms with van der Waals surface area (Å²) in [5.41, 5.74) is 2.61. The van der Waals surface area contributed by atoms with Crippen molar-refractivity contribution in [3.05, 3.63) is 57.6 Å². The molecule has 0 fully saturated rings. The molecule has 0 aromatic heterocycles. The molecule has 0 aliphatic carbocycles. The van der Waals surface area contributed by atoms with Crippen molar-refractivity contribution in [2.24, 2.45) is 0 Å². The minimum Gasteiger partial charge on any atom is -0.484 e. The molecule has 0 aliphatic rings. The van der Waals surface area contributed by atoms with Crippen LogP contribution in [0.4, 0.5) is 5.69 Å². The highest BCUT2D eigenvalue weighted by molar-refractivity contribution is 6.35. The molecule has 2 amide bonds. The van der Waals surface area contributed by atoms with E-state index in [4.69, 9.17) is 27.9 Å². The minimum atomic E-state index is -0.413. The molecule has 2 aromatic carbocycles. The first-order chi connectivity index (χ1) is 11.8. The van der Waals surface area contributed by atoms with Crippen LogP contribution in [0, 0.1) is 13.8 Å². The second-order valence-corrected chi connectivity index (χ2v) is 6.33. The number of ether oxygens (including phenoxy) is 1. The Balaban J connectivity index is 1.78. The normalized spacial score (nSPS) is 10.2. The van der Waals surface area contributed by atoms with Crippen LogP contribution in [0.5, 0.6) is 5.75 Å². The quantitative estimate of drug-likeness (QED) is 0.801. The average molecular weight is 381 g/mol. The molecule has 0 aliphatic heterocycles. The molecule has 132 valence electrons. The number of aryl methyl sites for hydroxylation is 2. The molecule has 2 aromatic rings. The van der Waals surface area contributed by atoms with Crippen LogP contribution in [-0.4, -0.2) is 25.0 Å². The van der Waals surface area contributed by atoms with Crippen LogP contribution in [0.1, 0.15) is 11.1 Å². The molecule has 2 N–H and O–H groups in total. The summed E-state index contributed by atoms with van der Waals surface area (Å²) in [6.45, 7) is 3.59. The Bertz CT molecular complexity index is 794. The van der Waals surface area contributed by atoms with E-state index in [1.807, 2.05) is 26.0 Å². The molecule has 25 heavy (non-hydrogen) atoms. The van der Waals surface area contributed by atoms with Crippen molar-refractivity contribution in [3.63, 3.8) is 0 Å². The van der Waals surface area contributed by atoms with E-state index < -0.39 is 11.8 Å². The highest BCUT2D eigenvalue weighted by Gasteiger charge is 2.09. The number of benzene rings is 2. The van der Waals surface area contributed by atoms with Gasteiger partial charge in [0.2, 0.25) is 5.91 Å². The SMILES string of the molecule is Cc1ccc(OCC(=O)NCC(=O)Nc2cc(Cl)ccc2Cl)cc1C. The van der Waals surface area contributed by atoms with Crippen LogP contribution in [0.25, 0.3) is 0 Å². The highest BCUT2D eigenvalue weighted by atomic mass is 35.5. The molecule has 5 nitrogen and oxygen atoms in total. The number of amides is 2. The van der Waals surface area contributed by atoms with Gasteiger partial charge in [0.25, 0.3) is 5.91 Å². The zero-order valence-electron chi connectivity index (χ0n) is 13.9. The van der Waals surface area contributed by atoms with Crippen LogP contribution >= 0.6 is 23.2 Å². The highest BCUT2D eigenvalue weighted by Crippen LogP contribution is 2.25. The molecule has 2 rings (SSSR count). The fourth-order valence-electron chi connectivity index (χ4n) is 1.97. The Morgan fingerprint density at radius 3 is 2.48 bits per heavy atom. The van der Waals surface area contributed by atoms with E-state index in [0.717, 1.165) is 11.1 Å². The monoisotopic (exact) mass is 380 g/mol. The maximum Gasteiger partial charge on any atom is 0.258 e. The van der Waals surface area contributed by atoms with E-state index in [1.165, 1.54) is 6.07 Å². The molecule has 0 heterocycles. The second kappa shape index (κ2) is 8.74. The molecule has 0 atom stereocenters. The van der Waals surface area contributed by atoms with Gasteiger partial charge in [0, 0.05) is 5.02 Å². The Hall–Kier alpha value is -2.24. The van der Waals surface area contributed by atoms with Gasteiger partial charge in [-0.3, -0.25) is 9.59 Å². The van der Waals surface area contributed by atoms with Crippen molar-refractivity contribution in [2.45, 2.75) is 13.8 Å². The van der Waals surface area contributed by atoms with Crippen molar-refractivity contribution < 1.29 is 14.3 Å². The van der Waals surface area contributed by atoms with Gasteiger partial charge < -0.3 is 15.4 Å². The van der Waals surface area contributed by atoms with Gasteiger partial charge in [0.1, 0.15) is 5.75 Å². The number of anilines is 1. The van der Waals surface area contributed by atoms with E-state index >= 15 is 0 Å². The summed E-state index contributed by atoms with van der Waals surface area (Å²) in [6.07, 6.45) is 0. The predicted octanol–water partition coefficient (Wildman–Crippen LogP) is 3.74. The number of hydrogen-bond acceptors (Lipinski definition) is 3. The topological polar surface area (TPSA) is 67.4 Å². The van der Waals surface area contributed by atoms with Gasteiger partial charge in [0.15, 0.2) is 6.61 Å². The zero-order valence-corrected chi connectivity index (χ0v) is 15.4. The fraction of sp³-hybridized carbons (Fsp3) is 0.222. The number of hydrogen-bond donors (Lipinski definition) is 2. The standard InChI is InChI=1S/C18H18Cl2N2O3/c1-11-3-5-14(7-12(11)2)25-10-18(24)21-9-17(23)22-16-8-13(19)4-6-15(16)20/h3-8H,9-10H2,1-2H3,(H,21,24)(H,22,23). The number of rotatable bonds is 6. The largest absolute Gasteiger partial charge is 0.484 e. The third-order valence-corrected chi connectivity index (χ3v) is 4.06. The molecule has 0 spiro atoms. The lowest BCUT2D eigenvalue weighted by atomic mass is 10.1. The molecule has 0 saturated carbocycles. The van der Waals surface area contributed by atoms with Crippen molar-refractivity contribution in [1.29, 1.82) is 0 Å². The lowest BCUT2D eigenvalue weighted by Gasteiger charge is -2.10. The first-order valence-corrected chi connectivity index (χ1v) is 8.32. The number of nitrogens with one attached hydrogen (secondary N) is 2. The van der Waals surface area contributed by atoms with Gasteiger partial charge in [-0.2, -0.15) is 0 Å². The fourth-order valence-corrected chi connectivity index (χ4v) is 2.31. The summed E-state index contributed by atoms with van der Waals surface area (Å²) in [5, 5.41) is 5.88. The summed E-state index contributed by atoms with van der Waals surface area (Å²) in [7, 11) is 0. The third kappa shape index (κ3) is 5.96. The van der Waals surface area contributed by atoms with Gasteiger partial charge >= 0.3 is 0 Å². The smallest absolute Gasteiger partial charge is 0.258 e. The molecule has 0 radical (unpaired) electrons. The van der Waals surface area contributed by atoms with Crippen LogP contribution in [0.15, 0.2) is 36.4 Å². The van der Waals surface area contributed by atoms with E-state index in [-0.39, 0.29) is 13.2 Å². The lowest BCUT2D eigenvalue weighted by molar-refractivity contribution is -0.125. The maximum absolute atomic E-state index is 11.9. The van der Waals surface area contributed by atoms with Crippen LogP contribution in [-0.2, 0) is 9.59 Å². The molecule has 0 unspecified atom stereocenters.